The summed E-state index contributed by atoms with van der Waals surface area (Å²) >= 11 is 0. The molecule has 43 heavy (non-hydrogen) atoms. The molecule has 1 rings (SSSR count). The first-order chi connectivity index (χ1) is 20.8. The highest BCUT2D eigenvalue weighted by Crippen LogP contribution is 2.23. The van der Waals surface area contributed by atoms with Gasteiger partial charge in [-0.25, -0.2) is 0 Å². The van der Waals surface area contributed by atoms with Gasteiger partial charge in [-0.2, -0.15) is 0 Å². The van der Waals surface area contributed by atoms with Crippen molar-refractivity contribution in [2.75, 3.05) is 13.2 Å². The van der Waals surface area contributed by atoms with Gasteiger partial charge in [0.1, 0.15) is 24.4 Å². The standard InChI is InChI=1S/C34H67NO8/c1-3-5-6-7-8-9-10-11-12-13-14-15-16-17-18-19-20-21-22-23-24-28(37)27(35-30(38)4-2)26-42-34-33(41)32(40)31(39)29(25-36)43-34/h27-29,31-34,36-37,39-41H,3-26H2,1-2H3,(H,35,38). The number of nitrogens with one attached hydrogen (secondary N) is 1. The highest BCUT2D eigenvalue weighted by Gasteiger charge is 2.44. The number of unbranched alkanes of at least 4 members (excludes halogenated alkanes) is 19. The highest BCUT2D eigenvalue weighted by molar-refractivity contribution is 5.75. The number of amides is 1. The molecular weight excluding hydrogens is 550 g/mol. The molecule has 9 heteroatoms. The van der Waals surface area contributed by atoms with E-state index in [9.17, 15) is 30.3 Å². The van der Waals surface area contributed by atoms with E-state index in [4.69, 9.17) is 9.47 Å². The molecule has 0 spiro atoms. The van der Waals surface area contributed by atoms with Crippen molar-refractivity contribution in [2.24, 2.45) is 0 Å². The summed E-state index contributed by atoms with van der Waals surface area (Å²) in [5, 5.41) is 53.0. The number of ether oxygens (including phenoxy) is 2. The fourth-order valence-electron chi connectivity index (χ4n) is 5.77. The van der Waals surface area contributed by atoms with Crippen LogP contribution in [0.3, 0.4) is 0 Å². The zero-order valence-corrected chi connectivity index (χ0v) is 27.5. The van der Waals surface area contributed by atoms with E-state index >= 15 is 0 Å². The Labute approximate surface area is 262 Å². The van der Waals surface area contributed by atoms with Crippen LogP contribution in [0, 0.1) is 0 Å². The number of hydrogen-bond donors (Lipinski definition) is 6. The van der Waals surface area contributed by atoms with Crippen molar-refractivity contribution in [3.63, 3.8) is 0 Å². The molecule has 1 aliphatic heterocycles. The number of aliphatic hydroxyl groups is 5. The predicted molar refractivity (Wildman–Crippen MR) is 171 cm³/mol. The van der Waals surface area contributed by atoms with Crippen LogP contribution in [0.1, 0.15) is 155 Å². The molecule has 1 amide bonds. The number of carbonyl (C=O) groups excluding carboxylic acids is 1. The van der Waals surface area contributed by atoms with Gasteiger partial charge in [0, 0.05) is 6.42 Å². The summed E-state index contributed by atoms with van der Waals surface area (Å²) in [5.74, 6) is -0.232. The van der Waals surface area contributed by atoms with Crippen molar-refractivity contribution in [2.45, 2.75) is 198 Å². The molecule has 9 nitrogen and oxygen atoms in total. The maximum atomic E-state index is 12.0. The third-order valence-electron chi connectivity index (χ3n) is 8.77. The van der Waals surface area contributed by atoms with Gasteiger partial charge in [0.15, 0.2) is 6.29 Å². The number of aliphatic hydroxyl groups excluding tert-OH is 5. The van der Waals surface area contributed by atoms with Crippen molar-refractivity contribution < 1.29 is 39.8 Å². The van der Waals surface area contributed by atoms with Crippen LogP contribution in [0.15, 0.2) is 0 Å². The van der Waals surface area contributed by atoms with Gasteiger partial charge in [0.2, 0.25) is 5.91 Å². The smallest absolute Gasteiger partial charge is 0.220 e. The fraction of sp³-hybridized carbons (Fsp3) is 0.971. The van der Waals surface area contributed by atoms with Gasteiger partial charge in [-0.15, -0.1) is 0 Å². The first kappa shape index (κ1) is 40.2. The minimum Gasteiger partial charge on any atom is -0.394 e. The van der Waals surface area contributed by atoms with Crippen LogP contribution in [0.4, 0.5) is 0 Å². The van der Waals surface area contributed by atoms with Crippen LogP contribution in [0.25, 0.3) is 0 Å². The van der Waals surface area contributed by atoms with Crippen molar-refractivity contribution in [1.82, 2.24) is 5.32 Å². The largest absolute Gasteiger partial charge is 0.394 e. The van der Waals surface area contributed by atoms with Gasteiger partial charge in [-0.05, 0) is 6.42 Å². The molecule has 1 aliphatic rings. The Kier molecular flexibility index (Phi) is 24.7. The monoisotopic (exact) mass is 617 g/mol. The number of carbonyl (C=O) groups is 1. The van der Waals surface area contributed by atoms with Crippen LogP contribution in [-0.4, -0.2) is 87.5 Å². The Bertz CT molecular complexity index is 652. The van der Waals surface area contributed by atoms with E-state index in [1.165, 1.54) is 109 Å². The molecule has 1 fully saturated rings. The minimum atomic E-state index is -1.54. The third-order valence-corrected chi connectivity index (χ3v) is 8.77. The molecule has 0 aliphatic carbocycles. The molecule has 7 unspecified atom stereocenters. The number of rotatable bonds is 28. The van der Waals surface area contributed by atoms with Crippen molar-refractivity contribution in [3.05, 3.63) is 0 Å². The van der Waals surface area contributed by atoms with Crippen molar-refractivity contribution >= 4 is 5.91 Å². The average Bonchev–Trinajstić information content (AvgIpc) is 3.01. The summed E-state index contributed by atoms with van der Waals surface area (Å²) < 4.78 is 11.0. The summed E-state index contributed by atoms with van der Waals surface area (Å²) in [4.78, 5) is 12.0. The lowest BCUT2D eigenvalue weighted by atomic mass is 9.99. The first-order valence-electron chi connectivity index (χ1n) is 17.7. The van der Waals surface area contributed by atoms with Gasteiger partial charge >= 0.3 is 0 Å². The van der Waals surface area contributed by atoms with Gasteiger partial charge < -0.3 is 40.3 Å². The molecule has 0 bridgehead atoms. The van der Waals surface area contributed by atoms with Gasteiger partial charge in [0.05, 0.1) is 25.4 Å². The second kappa shape index (κ2) is 26.4. The van der Waals surface area contributed by atoms with Crippen LogP contribution in [0.2, 0.25) is 0 Å². The fourth-order valence-corrected chi connectivity index (χ4v) is 5.77. The van der Waals surface area contributed by atoms with Gasteiger partial charge in [-0.1, -0.05) is 142 Å². The van der Waals surface area contributed by atoms with Crippen molar-refractivity contribution in [1.29, 1.82) is 0 Å². The summed E-state index contributed by atoms with van der Waals surface area (Å²) in [5.41, 5.74) is 0. The molecule has 7 atom stereocenters. The lowest BCUT2D eigenvalue weighted by Gasteiger charge is -2.40. The van der Waals surface area contributed by atoms with E-state index in [0.29, 0.717) is 6.42 Å². The molecule has 6 N–H and O–H groups in total. The molecular formula is C34H67NO8. The van der Waals surface area contributed by atoms with E-state index in [2.05, 4.69) is 12.2 Å². The van der Waals surface area contributed by atoms with Crippen LogP contribution < -0.4 is 5.32 Å². The Morgan fingerprint density at radius 1 is 0.698 bits per heavy atom. The topological polar surface area (TPSA) is 149 Å². The quantitative estimate of drug-likeness (QED) is 0.0651. The SMILES string of the molecule is CCCCCCCCCCCCCCCCCCCCCCC(O)C(COC1OC(CO)C(O)C(O)C1O)NC(=O)CC. The lowest BCUT2D eigenvalue weighted by Crippen LogP contribution is -2.60. The Hall–Kier alpha value is -0.810. The molecule has 0 saturated carbocycles. The first-order valence-corrected chi connectivity index (χ1v) is 17.7. The molecule has 0 radical (unpaired) electrons. The van der Waals surface area contributed by atoms with Crippen LogP contribution >= 0.6 is 0 Å². The van der Waals surface area contributed by atoms with E-state index in [0.717, 1.165) is 19.3 Å². The molecule has 256 valence electrons. The zero-order valence-electron chi connectivity index (χ0n) is 27.5. The van der Waals surface area contributed by atoms with E-state index in [1.54, 1.807) is 6.92 Å². The van der Waals surface area contributed by atoms with E-state index in [1.807, 2.05) is 0 Å². The van der Waals surface area contributed by atoms with Crippen molar-refractivity contribution in [3.8, 4) is 0 Å². The zero-order chi connectivity index (χ0) is 31.7. The van der Waals surface area contributed by atoms with Crippen LogP contribution in [0.5, 0.6) is 0 Å². The molecule has 1 saturated heterocycles. The minimum absolute atomic E-state index is 0.144. The summed E-state index contributed by atoms with van der Waals surface area (Å²) in [6, 6.07) is -0.708. The molecule has 0 aromatic carbocycles. The third kappa shape index (κ3) is 18.7. The van der Waals surface area contributed by atoms with Crippen LogP contribution in [-0.2, 0) is 14.3 Å². The summed E-state index contributed by atoms with van der Waals surface area (Å²) in [6.45, 7) is 3.29. The highest BCUT2D eigenvalue weighted by atomic mass is 16.7. The van der Waals surface area contributed by atoms with Gasteiger partial charge in [0.25, 0.3) is 0 Å². The average molecular weight is 618 g/mol. The molecule has 0 aromatic heterocycles. The molecule has 1 heterocycles. The maximum Gasteiger partial charge on any atom is 0.220 e. The summed E-state index contributed by atoms with van der Waals surface area (Å²) in [7, 11) is 0. The summed E-state index contributed by atoms with van der Waals surface area (Å²) in [6.07, 6.45) is 19.2. The Morgan fingerprint density at radius 2 is 1.14 bits per heavy atom. The number of hydrogen-bond acceptors (Lipinski definition) is 8. The molecule has 0 aromatic rings. The lowest BCUT2D eigenvalue weighted by molar-refractivity contribution is -0.302. The maximum absolute atomic E-state index is 12.0. The second-order valence-corrected chi connectivity index (χ2v) is 12.6. The Balaban J connectivity index is 2.09. The Morgan fingerprint density at radius 3 is 1.56 bits per heavy atom. The van der Waals surface area contributed by atoms with E-state index in [-0.39, 0.29) is 18.9 Å². The van der Waals surface area contributed by atoms with E-state index < -0.39 is 49.5 Å². The second-order valence-electron chi connectivity index (χ2n) is 12.6. The normalized spacial score (nSPS) is 23.7. The van der Waals surface area contributed by atoms with Gasteiger partial charge in [-0.3, -0.25) is 4.79 Å². The predicted octanol–water partition coefficient (Wildman–Crippen LogP) is 5.27.